The monoisotopic (exact) mass is 389 g/mol. The Hall–Kier alpha value is -2.24. The first-order valence-electron chi connectivity index (χ1n) is 8.65. The molecule has 1 aliphatic rings. The highest BCUT2D eigenvalue weighted by Crippen LogP contribution is 2.27. The summed E-state index contributed by atoms with van der Waals surface area (Å²) in [5.74, 6) is -4.61. The van der Waals surface area contributed by atoms with Crippen molar-refractivity contribution in [3.63, 3.8) is 0 Å². The van der Waals surface area contributed by atoms with Gasteiger partial charge in [0.1, 0.15) is 0 Å². The molecule has 4 N–H and O–H groups in total. The minimum atomic E-state index is -1.23. The van der Waals surface area contributed by atoms with Crippen molar-refractivity contribution in [2.75, 3.05) is 52.4 Å². The molecule has 1 atom stereocenters. The van der Waals surface area contributed by atoms with Crippen molar-refractivity contribution in [2.45, 2.75) is 25.3 Å². The molecule has 1 heterocycles. The fourth-order valence-corrected chi connectivity index (χ4v) is 3.49. The second kappa shape index (κ2) is 10.2. The largest absolute Gasteiger partial charge is 0.481 e. The predicted molar refractivity (Wildman–Crippen MR) is 92.6 cm³/mol. The zero-order valence-corrected chi connectivity index (χ0v) is 15.3. The number of nitrogens with zero attached hydrogens (tertiary/aromatic N) is 3. The van der Waals surface area contributed by atoms with Gasteiger partial charge in [-0.25, -0.2) is 0 Å². The van der Waals surface area contributed by atoms with Crippen molar-refractivity contribution in [3.05, 3.63) is 0 Å². The lowest BCUT2D eigenvalue weighted by Gasteiger charge is -2.45. The molecule has 0 bridgehead atoms. The van der Waals surface area contributed by atoms with Crippen LogP contribution in [-0.2, 0) is 19.2 Å². The van der Waals surface area contributed by atoms with Crippen LogP contribution in [-0.4, -0.2) is 117 Å². The lowest BCUT2D eigenvalue weighted by molar-refractivity contribution is -0.147. The number of likely N-dealkylation sites (N-methyl/N-ethyl adjacent to an activating group) is 1. The van der Waals surface area contributed by atoms with Gasteiger partial charge in [0.2, 0.25) is 0 Å². The Kier molecular flexibility index (Phi) is 8.60. The Labute approximate surface area is 156 Å². The van der Waals surface area contributed by atoms with Gasteiger partial charge in [-0.2, -0.15) is 0 Å². The summed E-state index contributed by atoms with van der Waals surface area (Å²) in [4.78, 5) is 49.9. The fraction of sp³-hybridized carbons (Fsp3) is 0.750. The van der Waals surface area contributed by atoms with Crippen molar-refractivity contribution in [1.29, 1.82) is 0 Å². The molecule has 0 spiro atoms. The summed E-state index contributed by atoms with van der Waals surface area (Å²) in [5.41, 5.74) is -1.11. The van der Waals surface area contributed by atoms with Gasteiger partial charge in [0.05, 0.1) is 19.6 Å². The maximum atomic E-state index is 11.3. The van der Waals surface area contributed by atoms with Crippen LogP contribution in [0, 0.1) is 0 Å². The first kappa shape index (κ1) is 22.8. The maximum absolute atomic E-state index is 11.3. The Morgan fingerprint density at radius 3 is 1.81 bits per heavy atom. The molecule has 0 radical (unpaired) electrons. The third-order valence-corrected chi connectivity index (χ3v) is 4.70. The first-order chi connectivity index (χ1) is 12.6. The van der Waals surface area contributed by atoms with Crippen LogP contribution in [0.3, 0.4) is 0 Å². The van der Waals surface area contributed by atoms with Gasteiger partial charge in [-0.15, -0.1) is 0 Å². The molecule has 1 saturated heterocycles. The Balaban J connectivity index is 3.33. The lowest BCUT2D eigenvalue weighted by Crippen LogP contribution is -2.62. The third kappa shape index (κ3) is 7.49. The van der Waals surface area contributed by atoms with E-state index in [9.17, 15) is 29.4 Å². The molecule has 1 fully saturated rings. The molecule has 0 aromatic heterocycles. The van der Waals surface area contributed by atoms with Crippen LogP contribution < -0.4 is 0 Å². The molecular weight excluding hydrogens is 362 g/mol. The first-order valence-corrected chi connectivity index (χ1v) is 8.65. The normalized spacial score (nSPS) is 21.7. The molecule has 11 heteroatoms. The Bertz CT molecular complexity index is 554. The minimum Gasteiger partial charge on any atom is -0.481 e. The van der Waals surface area contributed by atoms with Crippen molar-refractivity contribution >= 4 is 23.9 Å². The highest BCUT2D eigenvalue weighted by Gasteiger charge is 2.43. The second-order valence-electron chi connectivity index (χ2n) is 6.73. The number of hydrogen-bond donors (Lipinski definition) is 4. The number of carboxylic acid groups (broad SMARTS) is 4. The molecule has 11 nitrogen and oxygen atoms in total. The summed E-state index contributed by atoms with van der Waals surface area (Å²) in [6.07, 6.45) is -0.274. The van der Waals surface area contributed by atoms with Crippen LogP contribution in [0.15, 0.2) is 0 Å². The molecule has 0 aliphatic carbocycles. The quantitative estimate of drug-likeness (QED) is 0.335. The van der Waals surface area contributed by atoms with Gasteiger partial charge in [0.25, 0.3) is 0 Å². The van der Waals surface area contributed by atoms with Crippen LogP contribution in [0.1, 0.15) is 19.8 Å². The van der Waals surface area contributed by atoms with Gasteiger partial charge < -0.3 is 25.3 Å². The number of aliphatic carboxylic acids is 4. The molecule has 0 aromatic carbocycles. The van der Waals surface area contributed by atoms with E-state index in [1.54, 1.807) is 4.90 Å². The third-order valence-electron chi connectivity index (χ3n) is 4.70. The van der Waals surface area contributed by atoms with Crippen LogP contribution in [0.2, 0.25) is 0 Å². The van der Waals surface area contributed by atoms with E-state index in [-0.39, 0.29) is 32.5 Å². The molecule has 0 aromatic rings. The predicted octanol–water partition coefficient (Wildman–Crippen LogP) is -1.22. The van der Waals surface area contributed by atoms with Crippen LogP contribution >= 0.6 is 0 Å². The van der Waals surface area contributed by atoms with E-state index >= 15 is 0 Å². The Morgan fingerprint density at radius 2 is 1.37 bits per heavy atom. The zero-order valence-electron chi connectivity index (χ0n) is 15.3. The molecular formula is C16H27N3O8. The van der Waals surface area contributed by atoms with Crippen molar-refractivity contribution in [2.24, 2.45) is 0 Å². The van der Waals surface area contributed by atoms with Gasteiger partial charge in [-0.05, 0) is 13.0 Å². The number of carbonyl (C=O) groups is 4. The van der Waals surface area contributed by atoms with Crippen molar-refractivity contribution < 1.29 is 39.6 Å². The van der Waals surface area contributed by atoms with E-state index < -0.39 is 42.5 Å². The zero-order chi connectivity index (χ0) is 20.6. The van der Waals surface area contributed by atoms with E-state index in [4.69, 9.17) is 10.2 Å². The summed E-state index contributed by atoms with van der Waals surface area (Å²) in [5, 5.41) is 36.8. The average Bonchev–Trinajstić information content (AvgIpc) is 2.71. The molecule has 1 aliphatic heterocycles. The summed E-state index contributed by atoms with van der Waals surface area (Å²) < 4.78 is 0. The summed E-state index contributed by atoms with van der Waals surface area (Å²) in [7, 11) is 0. The van der Waals surface area contributed by atoms with Gasteiger partial charge >= 0.3 is 23.9 Å². The van der Waals surface area contributed by atoms with E-state index in [2.05, 4.69) is 0 Å². The van der Waals surface area contributed by atoms with Crippen LogP contribution in [0.5, 0.6) is 0 Å². The van der Waals surface area contributed by atoms with Gasteiger partial charge in [0.15, 0.2) is 0 Å². The number of hydrogen-bond acceptors (Lipinski definition) is 7. The summed E-state index contributed by atoms with van der Waals surface area (Å²) in [6, 6.07) is 0. The highest BCUT2D eigenvalue weighted by molar-refractivity contribution is 5.73. The SMILES string of the molecule is CCN1CCN(CC(=O)O)CC(CCC(=O)O)(N(CC(=O)O)CC(=O)O)C1. The molecule has 0 amide bonds. The summed E-state index contributed by atoms with van der Waals surface area (Å²) in [6.45, 7) is 2.28. The van der Waals surface area contributed by atoms with E-state index in [1.165, 1.54) is 4.90 Å². The van der Waals surface area contributed by atoms with Gasteiger partial charge in [-0.1, -0.05) is 6.92 Å². The molecule has 1 unspecified atom stereocenters. The second-order valence-corrected chi connectivity index (χ2v) is 6.73. The van der Waals surface area contributed by atoms with Gasteiger partial charge in [0, 0.05) is 38.1 Å². The maximum Gasteiger partial charge on any atom is 0.317 e. The van der Waals surface area contributed by atoms with Crippen LogP contribution in [0.25, 0.3) is 0 Å². The van der Waals surface area contributed by atoms with E-state index in [0.29, 0.717) is 19.6 Å². The minimum absolute atomic E-state index is 0.00944. The molecule has 27 heavy (non-hydrogen) atoms. The summed E-state index contributed by atoms with van der Waals surface area (Å²) >= 11 is 0. The van der Waals surface area contributed by atoms with Gasteiger partial charge in [-0.3, -0.25) is 29.0 Å². The number of rotatable bonds is 11. The fourth-order valence-electron chi connectivity index (χ4n) is 3.49. The number of carboxylic acids is 4. The smallest absolute Gasteiger partial charge is 0.317 e. The standard InChI is InChI=1S/C16H27N3O8/c1-2-17-5-6-18(7-13(22)23)11-16(10-17,4-3-12(20)21)19(8-14(24)25)9-15(26)27/h2-11H2,1H3,(H,20,21)(H,22,23)(H,24,25)(H,26,27). The highest BCUT2D eigenvalue weighted by atomic mass is 16.4. The topological polar surface area (TPSA) is 159 Å². The Morgan fingerprint density at radius 1 is 0.852 bits per heavy atom. The van der Waals surface area contributed by atoms with E-state index in [1.807, 2.05) is 11.8 Å². The molecule has 0 saturated carbocycles. The molecule has 154 valence electrons. The van der Waals surface area contributed by atoms with Crippen molar-refractivity contribution in [3.8, 4) is 0 Å². The van der Waals surface area contributed by atoms with E-state index in [0.717, 1.165) is 0 Å². The molecule has 1 rings (SSSR count). The average molecular weight is 389 g/mol. The van der Waals surface area contributed by atoms with Crippen molar-refractivity contribution in [1.82, 2.24) is 14.7 Å². The van der Waals surface area contributed by atoms with Crippen LogP contribution in [0.4, 0.5) is 0 Å². The lowest BCUT2D eigenvalue weighted by atomic mass is 9.89.